The summed E-state index contributed by atoms with van der Waals surface area (Å²) in [6.07, 6.45) is 1.74. The summed E-state index contributed by atoms with van der Waals surface area (Å²) in [5.74, 6) is -0.884. The molecular formula is C20H14O2. The molecule has 0 aromatic heterocycles. The Morgan fingerprint density at radius 1 is 0.864 bits per heavy atom. The van der Waals surface area contributed by atoms with Gasteiger partial charge in [-0.2, -0.15) is 0 Å². The fourth-order valence-electron chi connectivity index (χ4n) is 3.18. The standard InChI is InChI=1S/C20H14O2/c1-12(20(21)22)11-16-8-7-15-6-5-13-3-2-4-14-9-10-17(16)19(15)18(13)14/h2-11H,1H3,(H,21,22)/b12-11+. The molecule has 106 valence electrons. The molecule has 0 fully saturated rings. The fraction of sp³-hybridized carbons (Fsp3) is 0.0500. The monoisotopic (exact) mass is 286 g/mol. The molecule has 0 heterocycles. The van der Waals surface area contributed by atoms with Crippen LogP contribution in [-0.4, -0.2) is 11.1 Å². The van der Waals surface area contributed by atoms with Crippen molar-refractivity contribution < 1.29 is 9.90 Å². The van der Waals surface area contributed by atoms with E-state index in [9.17, 15) is 4.79 Å². The van der Waals surface area contributed by atoms with Gasteiger partial charge in [-0.3, -0.25) is 0 Å². The smallest absolute Gasteiger partial charge is 0.331 e. The van der Waals surface area contributed by atoms with Crippen LogP contribution in [0.15, 0.2) is 60.2 Å². The minimum absolute atomic E-state index is 0.343. The second-order valence-electron chi connectivity index (χ2n) is 5.64. The molecule has 0 radical (unpaired) electrons. The van der Waals surface area contributed by atoms with Crippen LogP contribution >= 0.6 is 0 Å². The molecule has 0 amide bonds. The van der Waals surface area contributed by atoms with Gasteiger partial charge in [0.15, 0.2) is 0 Å². The third-order valence-electron chi connectivity index (χ3n) is 4.27. The summed E-state index contributed by atoms with van der Waals surface area (Å²) in [5, 5.41) is 16.3. The summed E-state index contributed by atoms with van der Waals surface area (Å²) in [4.78, 5) is 11.1. The van der Waals surface area contributed by atoms with Crippen LogP contribution in [0.3, 0.4) is 0 Å². The summed E-state index contributed by atoms with van der Waals surface area (Å²) in [7, 11) is 0. The normalized spacial score (nSPS) is 12.5. The Morgan fingerprint density at radius 2 is 1.45 bits per heavy atom. The Labute approximate surface area is 127 Å². The topological polar surface area (TPSA) is 37.3 Å². The van der Waals surface area contributed by atoms with Gasteiger partial charge in [-0.15, -0.1) is 0 Å². The third-order valence-corrected chi connectivity index (χ3v) is 4.27. The largest absolute Gasteiger partial charge is 0.478 e. The number of carbonyl (C=O) groups is 1. The maximum Gasteiger partial charge on any atom is 0.331 e. The van der Waals surface area contributed by atoms with E-state index in [0.29, 0.717) is 5.57 Å². The molecule has 4 aromatic carbocycles. The van der Waals surface area contributed by atoms with Gasteiger partial charge in [-0.05, 0) is 50.9 Å². The lowest BCUT2D eigenvalue weighted by Gasteiger charge is -2.12. The molecule has 0 saturated heterocycles. The number of hydrogen-bond donors (Lipinski definition) is 1. The Bertz CT molecular complexity index is 1040. The van der Waals surface area contributed by atoms with Crippen molar-refractivity contribution in [1.29, 1.82) is 0 Å². The van der Waals surface area contributed by atoms with E-state index in [1.54, 1.807) is 13.0 Å². The summed E-state index contributed by atoms with van der Waals surface area (Å²) in [6, 6.07) is 18.8. The highest BCUT2D eigenvalue weighted by Gasteiger charge is 2.10. The van der Waals surface area contributed by atoms with Crippen molar-refractivity contribution in [1.82, 2.24) is 0 Å². The second-order valence-corrected chi connectivity index (χ2v) is 5.64. The first-order valence-corrected chi connectivity index (χ1v) is 7.23. The quantitative estimate of drug-likeness (QED) is 0.412. The molecule has 0 atom stereocenters. The molecule has 4 rings (SSSR count). The average Bonchev–Trinajstić information content (AvgIpc) is 2.53. The van der Waals surface area contributed by atoms with Gasteiger partial charge in [0.05, 0.1) is 0 Å². The van der Waals surface area contributed by atoms with E-state index in [-0.39, 0.29) is 0 Å². The average molecular weight is 286 g/mol. The van der Waals surface area contributed by atoms with Gasteiger partial charge in [0.1, 0.15) is 0 Å². The molecule has 0 aliphatic heterocycles. The van der Waals surface area contributed by atoms with Crippen LogP contribution < -0.4 is 0 Å². The number of hydrogen-bond acceptors (Lipinski definition) is 1. The van der Waals surface area contributed by atoms with E-state index in [1.165, 1.54) is 26.9 Å². The molecule has 2 nitrogen and oxygen atoms in total. The summed E-state index contributed by atoms with van der Waals surface area (Å²) in [5.41, 5.74) is 1.29. The molecule has 0 aliphatic rings. The zero-order valence-electron chi connectivity index (χ0n) is 12.1. The van der Waals surface area contributed by atoms with Gasteiger partial charge in [0.2, 0.25) is 0 Å². The summed E-state index contributed by atoms with van der Waals surface area (Å²) < 4.78 is 0. The molecule has 1 N–H and O–H groups in total. The van der Waals surface area contributed by atoms with Gasteiger partial charge in [-0.1, -0.05) is 54.6 Å². The highest BCUT2D eigenvalue weighted by atomic mass is 16.4. The van der Waals surface area contributed by atoms with E-state index in [0.717, 1.165) is 10.9 Å². The molecule has 22 heavy (non-hydrogen) atoms. The highest BCUT2D eigenvalue weighted by Crippen LogP contribution is 2.36. The number of aliphatic carboxylic acids is 1. The SMILES string of the molecule is C/C(=C\c1ccc2ccc3cccc4ccc1c2c34)C(=O)O. The molecule has 0 bridgehead atoms. The lowest BCUT2D eigenvalue weighted by atomic mass is 9.91. The van der Waals surface area contributed by atoms with Crippen LogP contribution in [0.25, 0.3) is 38.4 Å². The van der Waals surface area contributed by atoms with E-state index in [1.807, 2.05) is 6.07 Å². The predicted molar refractivity (Wildman–Crippen MR) is 91.4 cm³/mol. The van der Waals surface area contributed by atoms with E-state index in [2.05, 4.69) is 48.5 Å². The van der Waals surface area contributed by atoms with Crippen molar-refractivity contribution in [3.63, 3.8) is 0 Å². The van der Waals surface area contributed by atoms with Crippen LogP contribution in [0.4, 0.5) is 0 Å². The first kappa shape index (κ1) is 12.8. The second kappa shape index (κ2) is 4.57. The zero-order chi connectivity index (χ0) is 15.3. The number of rotatable bonds is 2. The molecular weight excluding hydrogens is 272 g/mol. The van der Waals surface area contributed by atoms with E-state index >= 15 is 0 Å². The first-order chi connectivity index (χ1) is 10.6. The van der Waals surface area contributed by atoms with Gasteiger partial charge >= 0.3 is 5.97 Å². The lowest BCUT2D eigenvalue weighted by molar-refractivity contribution is -0.132. The predicted octanol–water partition coefficient (Wildman–Crippen LogP) is 5.07. The molecule has 2 heteroatoms. The van der Waals surface area contributed by atoms with Gasteiger partial charge in [0.25, 0.3) is 0 Å². The van der Waals surface area contributed by atoms with Crippen LogP contribution in [-0.2, 0) is 4.79 Å². The Kier molecular flexibility index (Phi) is 2.67. The molecule has 0 saturated carbocycles. The van der Waals surface area contributed by atoms with Crippen LogP contribution in [0.2, 0.25) is 0 Å². The van der Waals surface area contributed by atoms with Crippen molar-refractivity contribution in [2.75, 3.05) is 0 Å². The third kappa shape index (κ3) is 1.77. The minimum atomic E-state index is -0.884. The molecule has 4 aromatic rings. The van der Waals surface area contributed by atoms with Crippen molar-refractivity contribution in [3.05, 3.63) is 65.7 Å². The fourth-order valence-corrected chi connectivity index (χ4v) is 3.18. The van der Waals surface area contributed by atoms with Crippen molar-refractivity contribution in [3.8, 4) is 0 Å². The van der Waals surface area contributed by atoms with Crippen molar-refractivity contribution in [2.45, 2.75) is 6.92 Å². The first-order valence-electron chi connectivity index (χ1n) is 7.23. The number of carboxylic acids is 1. The lowest BCUT2D eigenvalue weighted by Crippen LogP contribution is -1.95. The highest BCUT2D eigenvalue weighted by molar-refractivity contribution is 6.24. The summed E-state index contributed by atoms with van der Waals surface area (Å²) >= 11 is 0. The van der Waals surface area contributed by atoms with Gasteiger partial charge in [-0.25, -0.2) is 4.79 Å². The van der Waals surface area contributed by atoms with Gasteiger partial charge < -0.3 is 5.11 Å². The number of benzene rings is 4. The van der Waals surface area contributed by atoms with Gasteiger partial charge in [0, 0.05) is 5.57 Å². The van der Waals surface area contributed by atoms with Crippen LogP contribution in [0, 0.1) is 0 Å². The molecule has 0 aliphatic carbocycles. The molecule has 0 spiro atoms. The van der Waals surface area contributed by atoms with E-state index in [4.69, 9.17) is 5.11 Å². The maximum absolute atomic E-state index is 11.1. The Morgan fingerprint density at radius 3 is 2.14 bits per heavy atom. The van der Waals surface area contributed by atoms with E-state index < -0.39 is 5.97 Å². The van der Waals surface area contributed by atoms with Crippen molar-refractivity contribution in [2.24, 2.45) is 0 Å². The number of carboxylic acid groups (broad SMARTS) is 1. The van der Waals surface area contributed by atoms with Crippen LogP contribution in [0.1, 0.15) is 12.5 Å². The summed E-state index contributed by atoms with van der Waals surface area (Å²) in [6.45, 7) is 1.63. The Hall–Kier alpha value is -2.87. The van der Waals surface area contributed by atoms with Crippen LogP contribution in [0.5, 0.6) is 0 Å². The zero-order valence-corrected chi connectivity index (χ0v) is 12.1. The Balaban J connectivity index is 2.17. The molecule has 0 unspecified atom stereocenters. The van der Waals surface area contributed by atoms with Crippen molar-refractivity contribution >= 4 is 44.4 Å². The maximum atomic E-state index is 11.1. The minimum Gasteiger partial charge on any atom is -0.478 e.